The quantitative estimate of drug-likeness (QED) is 0.691. The molecule has 0 aliphatic carbocycles. The lowest BCUT2D eigenvalue weighted by atomic mass is 10.1. The summed E-state index contributed by atoms with van der Waals surface area (Å²) >= 11 is 9.40. The van der Waals surface area contributed by atoms with Gasteiger partial charge in [0.25, 0.3) is 0 Å². The maximum atomic E-state index is 5.90. The van der Waals surface area contributed by atoms with Crippen molar-refractivity contribution < 1.29 is 0 Å². The zero-order valence-electron chi connectivity index (χ0n) is 7.52. The average molecular weight is 261 g/mol. The van der Waals surface area contributed by atoms with Gasteiger partial charge in [0.2, 0.25) is 0 Å². The number of unbranched alkanes of at least 4 members (excludes halogenated alkanes) is 2. The number of benzene rings is 1. The van der Waals surface area contributed by atoms with E-state index in [-0.39, 0.29) is 0 Å². The molecule has 1 aromatic carbocycles. The van der Waals surface area contributed by atoms with E-state index >= 15 is 0 Å². The molecule has 0 nitrogen and oxygen atoms in total. The van der Waals surface area contributed by atoms with Gasteiger partial charge < -0.3 is 0 Å². The lowest BCUT2D eigenvalue weighted by molar-refractivity contribution is 0.744. The van der Waals surface area contributed by atoms with Gasteiger partial charge in [0, 0.05) is 9.50 Å². The van der Waals surface area contributed by atoms with E-state index in [0.29, 0.717) is 0 Å². The second-order valence-electron chi connectivity index (χ2n) is 3.05. The summed E-state index contributed by atoms with van der Waals surface area (Å²) in [6.07, 6.45) is 4.45. The molecule has 0 fully saturated rings. The number of hydrogen-bond acceptors (Lipinski definition) is 0. The Morgan fingerprint density at radius 2 is 2.08 bits per heavy atom. The highest BCUT2D eigenvalue weighted by Gasteiger charge is 1.99. The van der Waals surface area contributed by atoms with Crippen LogP contribution in [0.3, 0.4) is 0 Å². The smallest absolute Gasteiger partial charge is 0.0409 e. The first-order chi connectivity index (χ1) is 6.24. The van der Waals surface area contributed by atoms with Crippen LogP contribution in [0.25, 0.3) is 0 Å². The summed E-state index contributed by atoms with van der Waals surface area (Å²) in [6, 6.07) is 5.92. The number of halogens is 2. The molecule has 71 valence electrons. The van der Waals surface area contributed by atoms with Crippen molar-refractivity contribution in [3.63, 3.8) is 0 Å². The van der Waals surface area contributed by atoms with Crippen LogP contribution in [0.4, 0.5) is 0 Å². The van der Waals surface area contributed by atoms with Gasteiger partial charge in [-0.2, -0.15) is 0 Å². The van der Waals surface area contributed by atoms with Crippen LogP contribution in [-0.4, -0.2) is 0 Å². The lowest BCUT2D eigenvalue weighted by Crippen LogP contribution is -1.87. The van der Waals surface area contributed by atoms with Crippen LogP contribution in [0.2, 0.25) is 5.02 Å². The van der Waals surface area contributed by atoms with E-state index in [0.717, 1.165) is 22.3 Å². The topological polar surface area (TPSA) is 0 Å². The molecule has 0 unspecified atom stereocenters. The second-order valence-corrected chi connectivity index (χ2v) is 4.34. The van der Waals surface area contributed by atoms with Crippen LogP contribution in [0.5, 0.6) is 0 Å². The molecule has 0 atom stereocenters. The monoisotopic (exact) mass is 259 g/mol. The lowest BCUT2D eigenvalue weighted by Gasteiger charge is -2.04. The Kier molecular flexibility index (Phi) is 4.82. The highest BCUT2D eigenvalue weighted by atomic mass is 79.9. The SMILES string of the molecule is [CH2]CCCCc1cc(Cl)ccc1Br. The number of rotatable bonds is 4. The molecule has 1 radical (unpaired) electrons. The fourth-order valence-corrected chi connectivity index (χ4v) is 1.87. The normalized spacial score (nSPS) is 10.4. The summed E-state index contributed by atoms with van der Waals surface area (Å²) in [5, 5.41) is 0.813. The van der Waals surface area contributed by atoms with Crippen LogP contribution in [0.1, 0.15) is 24.8 Å². The van der Waals surface area contributed by atoms with Crippen molar-refractivity contribution >= 4 is 27.5 Å². The zero-order chi connectivity index (χ0) is 9.68. The van der Waals surface area contributed by atoms with Crippen LogP contribution >= 0.6 is 27.5 Å². The van der Waals surface area contributed by atoms with Gasteiger partial charge in [-0.3, -0.25) is 0 Å². The van der Waals surface area contributed by atoms with Crippen molar-refractivity contribution in [3.05, 3.63) is 40.2 Å². The molecular formula is C11H13BrCl. The highest BCUT2D eigenvalue weighted by molar-refractivity contribution is 9.10. The first-order valence-electron chi connectivity index (χ1n) is 4.47. The van der Waals surface area contributed by atoms with Gasteiger partial charge in [-0.15, -0.1) is 0 Å². The molecule has 0 heterocycles. The first kappa shape index (κ1) is 11.1. The molecule has 0 bridgehead atoms. The van der Waals surface area contributed by atoms with Crippen LogP contribution in [0.15, 0.2) is 22.7 Å². The van der Waals surface area contributed by atoms with Crippen molar-refractivity contribution in [2.75, 3.05) is 0 Å². The third-order valence-corrected chi connectivity index (χ3v) is 2.96. The summed E-state index contributed by atoms with van der Waals surface area (Å²) in [6.45, 7) is 3.82. The molecule has 0 aromatic heterocycles. The van der Waals surface area contributed by atoms with E-state index in [1.807, 2.05) is 18.2 Å². The average Bonchev–Trinajstić information content (AvgIpc) is 2.11. The molecule has 0 aliphatic rings. The predicted octanol–water partition coefficient (Wildman–Crippen LogP) is 4.65. The molecule has 0 spiro atoms. The summed E-state index contributed by atoms with van der Waals surface area (Å²) in [5.41, 5.74) is 1.29. The highest BCUT2D eigenvalue weighted by Crippen LogP contribution is 2.22. The summed E-state index contributed by atoms with van der Waals surface area (Å²) in [5.74, 6) is 0. The molecule has 2 heteroatoms. The Balaban J connectivity index is 2.59. The molecular weight excluding hydrogens is 247 g/mol. The van der Waals surface area contributed by atoms with E-state index in [9.17, 15) is 0 Å². The molecule has 0 saturated heterocycles. The van der Waals surface area contributed by atoms with Gasteiger partial charge in [-0.25, -0.2) is 0 Å². The van der Waals surface area contributed by atoms with E-state index in [4.69, 9.17) is 11.6 Å². The Morgan fingerprint density at radius 3 is 2.77 bits per heavy atom. The molecule has 0 amide bonds. The summed E-state index contributed by atoms with van der Waals surface area (Å²) < 4.78 is 1.15. The van der Waals surface area contributed by atoms with Gasteiger partial charge in [0.1, 0.15) is 0 Å². The third-order valence-electron chi connectivity index (χ3n) is 1.95. The minimum absolute atomic E-state index is 0.813. The van der Waals surface area contributed by atoms with Crippen molar-refractivity contribution in [1.82, 2.24) is 0 Å². The Hall–Kier alpha value is -0.0100. The standard InChI is InChI=1S/C11H13BrCl/c1-2-3-4-5-9-8-10(13)6-7-11(9)12/h6-8H,1-5H2. The summed E-state index contributed by atoms with van der Waals surface area (Å²) in [7, 11) is 0. The maximum absolute atomic E-state index is 5.90. The van der Waals surface area contributed by atoms with Gasteiger partial charge in [0.15, 0.2) is 0 Å². The van der Waals surface area contributed by atoms with Gasteiger partial charge in [-0.05, 0) is 36.6 Å². The Labute approximate surface area is 93.4 Å². The number of aryl methyl sites for hydroxylation is 1. The van der Waals surface area contributed by atoms with Crippen molar-refractivity contribution in [1.29, 1.82) is 0 Å². The van der Waals surface area contributed by atoms with E-state index in [2.05, 4.69) is 22.9 Å². The molecule has 0 aliphatic heterocycles. The Morgan fingerprint density at radius 1 is 1.31 bits per heavy atom. The fourth-order valence-electron chi connectivity index (χ4n) is 1.23. The maximum Gasteiger partial charge on any atom is 0.0409 e. The molecule has 0 N–H and O–H groups in total. The van der Waals surface area contributed by atoms with Gasteiger partial charge in [-0.1, -0.05) is 47.3 Å². The van der Waals surface area contributed by atoms with Crippen molar-refractivity contribution in [3.8, 4) is 0 Å². The number of hydrogen-bond donors (Lipinski definition) is 0. The van der Waals surface area contributed by atoms with Crippen molar-refractivity contribution in [2.45, 2.75) is 25.7 Å². The molecule has 1 aromatic rings. The van der Waals surface area contributed by atoms with E-state index in [1.165, 1.54) is 18.4 Å². The van der Waals surface area contributed by atoms with Crippen molar-refractivity contribution in [2.24, 2.45) is 0 Å². The largest absolute Gasteiger partial charge is 0.0843 e. The van der Waals surface area contributed by atoms with Gasteiger partial charge in [0.05, 0.1) is 0 Å². The first-order valence-corrected chi connectivity index (χ1v) is 5.64. The van der Waals surface area contributed by atoms with Crippen LogP contribution < -0.4 is 0 Å². The minimum Gasteiger partial charge on any atom is -0.0843 e. The zero-order valence-corrected chi connectivity index (χ0v) is 9.87. The molecule has 13 heavy (non-hydrogen) atoms. The van der Waals surface area contributed by atoms with E-state index in [1.54, 1.807) is 0 Å². The fraction of sp³-hybridized carbons (Fsp3) is 0.364. The summed E-state index contributed by atoms with van der Waals surface area (Å²) in [4.78, 5) is 0. The van der Waals surface area contributed by atoms with Crippen LogP contribution in [-0.2, 0) is 6.42 Å². The third kappa shape index (κ3) is 3.70. The Bertz CT molecular complexity index is 271. The minimum atomic E-state index is 0.813. The van der Waals surface area contributed by atoms with Gasteiger partial charge >= 0.3 is 0 Å². The molecule has 1 rings (SSSR count). The second kappa shape index (κ2) is 5.66. The predicted molar refractivity (Wildman–Crippen MR) is 62.1 cm³/mol. The van der Waals surface area contributed by atoms with Crippen LogP contribution in [0, 0.1) is 6.92 Å². The van der Waals surface area contributed by atoms with E-state index < -0.39 is 0 Å². The molecule has 0 saturated carbocycles.